The minimum Gasteiger partial charge on any atom is -0.385 e. The van der Waals surface area contributed by atoms with Crippen molar-refractivity contribution >= 4 is 5.69 Å². The van der Waals surface area contributed by atoms with Gasteiger partial charge in [-0.15, -0.1) is 0 Å². The van der Waals surface area contributed by atoms with Crippen LogP contribution < -0.4 is 5.32 Å². The van der Waals surface area contributed by atoms with Crippen LogP contribution in [0.25, 0.3) is 11.1 Å². The molecule has 0 fully saturated rings. The lowest BCUT2D eigenvalue weighted by atomic mass is 9.95. The molecule has 3 rings (SSSR count). The maximum atomic E-state index is 3.46. The highest BCUT2D eigenvalue weighted by Crippen LogP contribution is 2.29. The fourth-order valence-electron chi connectivity index (χ4n) is 2.54. The highest BCUT2D eigenvalue weighted by Gasteiger charge is 2.10. The molecule has 1 nitrogen and oxygen atoms in total. The van der Waals surface area contributed by atoms with Crippen molar-refractivity contribution in [2.24, 2.45) is 0 Å². The Labute approximate surface area is 102 Å². The summed E-state index contributed by atoms with van der Waals surface area (Å²) in [5.41, 5.74) is 6.80. The van der Waals surface area contributed by atoms with E-state index in [4.69, 9.17) is 0 Å². The molecular weight excluding hydrogens is 206 g/mol. The number of hydrogen-bond acceptors (Lipinski definition) is 1. The van der Waals surface area contributed by atoms with Crippen LogP contribution in [0.4, 0.5) is 5.69 Å². The summed E-state index contributed by atoms with van der Waals surface area (Å²) in [4.78, 5) is 0. The first-order valence-electron chi connectivity index (χ1n) is 6.27. The van der Waals surface area contributed by atoms with E-state index in [1.807, 2.05) is 0 Å². The van der Waals surface area contributed by atoms with Gasteiger partial charge >= 0.3 is 0 Å². The van der Waals surface area contributed by atoms with Crippen LogP contribution in [0.5, 0.6) is 0 Å². The van der Waals surface area contributed by atoms with Crippen LogP contribution in [0, 0.1) is 6.92 Å². The molecule has 86 valence electrons. The minimum atomic E-state index is 1.11. The normalized spacial score (nSPS) is 13.9. The van der Waals surface area contributed by atoms with Crippen molar-refractivity contribution in [2.45, 2.75) is 19.8 Å². The number of rotatable bonds is 1. The molecule has 0 aliphatic carbocycles. The van der Waals surface area contributed by atoms with E-state index in [2.05, 4.69) is 54.7 Å². The molecule has 0 bridgehead atoms. The summed E-state index contributed by atoms with van der Waals surface area (Å²) in [7, 11) is 0. The molecule has 17 heavy (non-hydrogen) atoms. The number of aryl methyl sites for hydroxylation is 2. The second-order valence-electron chi connectivity index (χ2n) is 4.72. The molecule has 2 aromatic carbocycles. The molecule has 1 aliphatic rings. The molecule has 2 aromatic rings. The van der Waals surface area contributed by atoms with Gasteiger partial charge in [-0.2, -0.15) is 0 Å². The Morgan fingerprint density at radius 1 is 1.06 bits per heavy atom. The second-order valence-corrected chi connectivity index (χ2v) is 4.72. The maximum Gasteiger partial charge on any atom is 0.0373 e. The highest BCUT2D eigenvalue weighted by atomic mass is 14.9. The van der Waals surface area contributed by atoms with Gasteiger partial charge in [-0.3, -0.25) is 0 Å². The van der Waals surface area contributed by atoms with Gasteiger partial charge in [-0.25, -0.2) is 0 Å². The summed E-state index contributed by atoms with van der Waals surface area (Å²) in [6, 6.07) is 15.4. The summed E-state index contributed by atoms with van der Waals surface area (Å²) in [6.07, 6.45) is 2.44. The van der Waals surface area contributed by atoms with Crippen LogP contribution in [-0.2, 0) is 6.42 Å². The van der Waals surface area contributed by atoms with Crippen molar-refractivity contribution in [2.75, 3.05) is 11.9 Å². The molecular formula is C16H17N. The first-order chi connectivity index (χ1) is 8.34. The second kappa shape index (κ2) is 4.25. The molecule has 0 spiro atoms. The topological polar surface area (TPSA) is 12.0 Å². The molecule has 0 aromatic heterocycles. The lowest BCUT2D eigenvalue weighted by molar-refractivity contribution is 0.830. The molecule has 0 radical (unpaired) electrons. The Morgan fingerprint density at radius 3 is 2.82 bits per heavy atom. The molecule has 1 heterocycles. The summed E-state index contributed by atoms with van der Waals surface area (Å²) < 4.78 is 0. The van der Waals surface area contributed by atoms with Gasteiger partial charge in [-0.1, -0.05) is 30.3 Å². The van der Waals surface area contributed by atoms with Crippen LogP contribution in [-0.4, -0.2) is 6.54 Å². The van der Waals surface area contributed by atoms with Crippen LogP contribution in [0.3, 0.4) is 0 Å². The van der Waals surface area contributed by atoms with Crippen molar-refractivity contribution in [3.63, 3.8) is 0 Å². The van der Waals surface area contributed by atoms with E-state index < -0.39 is 0 Å². The van der Waals surface area contributed by atoms with Gasteiger partial charge in [0, 0.05) is 12.2 Å². The van der Waals surface area contributed by atoms with Crippen molar-refractivity contribution in [1.29, 1.82) is 0 Å². The maximum absolute atomic E-state index is 3.46. The summed E-state index contributed by atoms with van der Waals surface area (Å²) in [5.74, 6) is 0. The van der Waals surface area contributed by atoms with E-state index in [1.165, 1.54) is 40.8 Å². The average molecular weight is 223 g/mol. The van der Waals surface area contributed by atoms with Crippen molar-refractivity contribution < 1.29 is 0 Å². The van der Waals surface area contributed by atoms with Gasteiger partial charge < -0.3 is 5.32 Å². The number of anilines is 1. The number of benzene rings is 2. The van der Waals surface area contributed by atoms with Crippen molar-refractivity contribution in [1.82, 2.24) is 0 Å². The molecule has 0 saturated carbocycles. The van der Waals surface area contributed by atoms with E-state index in [-0.39, 0.29) is 0 Å². The van der Waals surface area contributed by atoms with E-state index in [0.717, 1.165) is 6.54 Å². The van der Waals surface area contributed by atoms with Gasteiger partial charge in [0.1, 0.15) is 0 Å². The smallest absolute Gasteiger partial charge is 0.0373 e. The molecule has 1 heteroatoms. The first kappa shape index (κ1) is 10.4. The number of hydrogen-bond donors (Lipinski definition) is 1. The van der Waals surface area contributed by atoms with Crippen molar-refractivity contribution in [3.8, 4) is 11.1 Å². The minimum absolute atomic E-state index is 1.11. The molecule has 0 atom stereocenters. The van der Waals surface area contributed by atoms with Gasteiger partial charge in [0.2, 0.25) is 0 Å². The number of nitrogens with one attached hydrogen (secondary N) is 1. The largest absolute Gasteiger partial charge is 0.385 e. The Bertz CT molecular complexity index is 543. The van der Waals surface area contributed by atoms with E-state index in [9.17, 15) is 0 Å². The predicted molar refractivity (Wildman–Crippen MR) is 73.4 cm³/mol. The summed E-state index contributed by atoms with van der Waals surface area (Å²) >= 11 is 0. The lowest BCUT2D eigenvalue weighted by Crippen LogP contribution is -2.11. The SMILES string of the molecule is Cc1ccccc1-c1ccc2c(c1)CCCN2. The average Bonchev–Trinajstić information content (AvgIpc) is 2.39. The standard InChI is InChI=1S/C16H17N/c1-12-5-2-3-7-15(12)13-8-9-16-14(11-13)6-4-10-17-16/h2-3,5,7-9,11,17H,4,6,10H2,1H3. The van der Waals surface area contributed by atoms with E-state index in [0.29, 0.717) is 0 Å². The molecule has 0 unspecified atom stereocenters. The first-order valence-corrected chi connectivity index (χ1v) is 6.27. The highest BCUT2D eigenvalue weighted by molar-refractivity contribution is 5.71. The molecule has 1 aliphatic heterocycles. The van der Waals surface area contributed by atoms with Crippen LogP contribution in [0.2, 0.25) is 0 Å². The van der Waals surface area contributed by atoms with Gasteiger partial charge in [-0.05, 0) is 54.2 Å². The van der Waals surface area contributed by atoms with Gasteiger partial charge in [0.15, 0.2) is 0 Å². The quantitative estimate of drug-likeness (QED) is 0.770. The monoisotopic (exact) mass is 223 g/mol. The van der Waals surface area contributed by atoms with E-state index >= 15 is 0 Å². The predicted octanol–water partition coefficient (Wildman–Crippen LogP) is 4.02. The van der Waals surface area contributed by atoms with Gasteiger partial charge in [0.25, 0.3) is 0 Å². The van der Waals surface area contributed by atoms with Gasteiger partial charge in [0.05, 0.1) is 0 Å². The zero-order valence-electron chi connectivity index (χ0n) is 10.2. The number of fused-ring (bicyclic) bond motifs is 1. The summed E-state index contributed by atoms with van der Waals surface area (Å²) in [6.45, 7) is 3.28. The zero-order valence-corrected chi connectivity index (χ0v) is 10.2. The Hall–Kier alpha value is -1.76. The fraction of sp³-hybridized carbons (Fsp3) is 0.250. The Balaban J connectivity index is 2.07. The fourth-order valence-corrected chi connectivity index (χ4v) is 2.54. The lowest BCUT2D eigenvalue weighted by Gasteiger charge is -2.19. The zero-order chi connectivity index (χ0) is 11.7. The third kappa shape index (κ3) is 1.93. The Morgan fingerprint density at radius 2 is 1.94 bits per heavy atom. The van der Waals surface area contributed by atoms with E-state index in [1.54, 1.807) is 0 Å². The summed E-state index contributed by atoms with van der Waals surface area (Å²) in [5, 5.41) is 3.46. The molecule has 0 saturated heterocycles. The Kier molecular flexibility index (Phi) is 2.60. The van der Waals surface area contributed by atoms with Crippen LogP contribution in [0.15, 0.2) is 42.5 Å². The third-order valence-corrected chi connectivity index (χ3v) is 3.50. The van der Waals surface area contributed by atoms with Crippen LogP contribution in [0.1, 0.15) is 17.5 Å². The molecule has 0 amide bonds. The van der Waals surface area contributed by atoms with Crippen molar-refractivity contribution in [3.05, 3.63) is 53.6 Å². The van der Waals surface area contributed by atoms with Crippen LogP contribution >= 0.6 is 0 Å². The third-order valence-electron chi connectivity index (χ3n) is 3.50. The molecule has 1 N–H and O–H groups in total.